The zero-order valence-electron chi connectivity index (χ0n) is 19.9. The number of carbonyl (C=O) groups excluding carboxylic acids is 2. The first-order chi connectivity index (χ1) is 15.1. The average molecular weight is 503 g/mol. The first kappa shape index (κ1) is 25.9. The number of benzene rings is 2. The molecule has 0 aliphatic rings. The molecule has 0 aliphatic heterocycles. The van der Waals surface area contributed by atoms with Crippen LogP contribution in [0.1, 0.15) is 57.2 Å². The van der Waals surface area contributed by atoms with Gasteiger partial charge in [0.05, 0.1) is 4.47 Å². The van der Waals surface area contributed by atoms with Crippen molar-refractivity contribution in [3.63, 3.8) is 0 Å². The largest absolute Gasteiger partial charge is 0.483 e. The highest BCUT2D eigenvalue weighted by Crippen LogP contribution is 2.29. The highest BCUT2D eigenvalue weighted by atomic mass is 79.9. The second kappa shape index (κ2) is 12.0. The quantitative estimate of drug-likeness (QED) is 0.469. The molecule has 0 unspecified atom stereocenters. The molecule has 0 radical (unpaired) electrons. The van der Waals surface area contributed by atoms with Gasteiger partial charge in [0.2, 0.25) is 5.91 Å². The Bertz CT molecular complexity index is 927. The smallest absolute Gasteiger partial charge is 0.261 e. The van der Waals surface area contributed by atoms with Crippen molar-refractivity contribution in [3.8, 4) is 5.75 Å². The molecule has 0 aromatic heterocycles. The Morgan fingerprint density at radius 2 is 1.78 bits per heavy atom. The molecule has 174 valence electrons. The molecule has 2 aromatic carbocycles. The minimum absolute atomic E-state index is 0.146. The molecule has 1 N–H and O–H groups in total. The van der Waals surface area contributed by atoms with E-state index in [1.165, 1.54) is 5.56 Å². The zero-order valence-corrected chi connectivity index (χ0v) is 21.5. The predicted molar refractivity (Wildman–Crippen MR) is 133 cm³/mol. The molecular weight excluding hydrogens is 468 g/mol. The van der Waals surface area contributed by atoms with E-state index >= 15 is 0 Å². The van der Waals surface area contributed by atoms with Crippen molar-refractivity contribution in [1.82, 2.24) is 10.2 Å². The highest BCUT2D eigenvalue weighted by molar-refractivity contribution is 9.10. The lowest BCUT2D eigenvalue weighted by atomic mass is 10.0. The first-order valence-corrected chi connectivity index (χ1v) is 11.9. The van der Waals surface area contributed by atoms with Crippen molar-refractivity contribution in [2.45, 2.75) is 60.0 Å². The number of hydrogen-bond acceptors (Lipinski definition) is 3. The minimum atomic E-state index is -0.614. The molecular formula is C26H35BrN2O3. The number of aryl methyl sites for hydroxylation is 1. The minimum Gasteiger partial charge on any atom is -0.483 e. The molecule has 2 aromatic rings. The molecule has 0 saturated heterocycles. The number of amides is 2. The first-order valence-electron chi connectivity index (χ1n) is 11.1. The zero-order chi connectivity index (χ0) is 23.8. The maximum atomic E-state index is 13.2. The van der Waals surface area contributed by atoms with Gasteiger partial charge in [-0.2, -0.15) is 0 Å². The fraction of sp³-hybridized carbons (Fsp3) is 0.462. The third-order valence-corrected chi connectivity index (χ3v) is 5.88. The number of halogens is 1. The van der Waals surface area contributed by atoms with E-state index in [1.807, 2.05) is 63.2 Å². The number of hydrogen-bond donors (Lipinski definition) is 1. The molecule has 2 rings (SSSR count). The predicted octanol–water partition coefficient (Wildman–Crippen LogP) is 5.45. The maximum Gasteiger partial charge on any atom is 0.261 e. The van der Waals surface area contributed by atoms with Crippen molar-refractivity contribution in [1.29, 1.82) is 0 Å². The standard InChI is InChI=1S/C26H35BrN2O3/c1-17(2)14-28-26(31)20(6)29(15-21-9-7-8-19(5)12-21)25(30)16-32-24-11-10-22(18(3)4)13-23(24)27/h7-13,17-18,20H,14-16H2,1-6H3,(H,28,31)/t20-/m0/s1. The third kappa shape index (κ3) is 7.66. The molecule has 0 saturated carbocycles. The van der Waals surface area contributed by atoms with E-state index in [1.54, 1.807) is 11.8 Å². The number of nitrogens with one attached hydrogen (secondary N) is 1. The van der Waals surface area contributed by atoms with Crippen molar-refractivity contribution in [2.75, 3.05) is 13.2 Å². The van der Waals surface area contributed by atoms with Gasteiger partial charge in [-0.3, -0.25) is 9.59 Å². The second-order valence-electron chi connectivity index (χ2n) is 8.96. The van der Waals surface area contributed by atoms with Crippen molar-refractivity contribution >= 4 is 27.7 Å². The summed E-state index contributed by atoms with van der Waals surface area (Å²) in [6, 6.07) is 13.2. The van der Waals surface area contributed by atoms with E-state index in [2.05, 4.69) is 35.1 Å². The Hall–Kier alpha value is -2.34. The Balaban J connectivity index is 2.16. The van der Waals surface area contributed by atoms with Crippen LogP contribution in [-0.2, 0) is 16.1 Å². The molecule has 0 bridgehead atoms. The summed E-state index contributed by atoms with van der Waals surface area (Å²) >= 11 is 3.54. The molecule has 0 spiro atoms. The summed E-state index contributed by atoms with van der Waals surface area (Å²) < 4.78 is 6.64. The number of ether oxygens (including phenoxy) is 1. The van der Waals surface area contributed by atoms with Gasteiger partial charge in [-0.15, -0.1) is 0 Å². The lowest BCUT2D eigenvalue weighted by Gasteiger charge is -2.29. The molecule has 2 amide bonds. The van der Waals surface area contributed by atoms with Crippen LogP contribution in [0.4, 0.5) is 0 Å². The van der Waals surface area contributed by atoms with Crippen LogP contribution in [0.15, 0.2) is 46.9 Å². The maximum absolute atomic E-state index is 13.2. The van der Waals surface area contributed by atoms with Crippen LogP contribution in [0.3, 0.4) is 0 Å². The molecule has 0 aliphatic carbocycles. The molecule has 0 heterocycles. The molecule has 5 nitrogen and oxygen atoms in total. The van der Waals surface area contributed by atoms with E-state index in [0.29, 0.717) is 30.7 Å². The van der Waals surface area contributed by atoms with E-state index in [-0.39, 0.29) is 18.4 Å². The Morgan fingerprint density at radius 1 is 1.06 bits per heavy atom. The highest BCUT2D eigenvalue weighted by Gasteiger charge is 2.26. The van der Waals surface area contributed by atoms with Crippen molar-refractivity contribution in [3.05, 3.63) is 63.6 Å². The lowest BCUT2D eigenvalue weighted by molar-refractivity contribution is -0.142. The van der Waals surface area contributed by atoms with E-state index in [9.17, 15) is 9.59 Å². The van der Waals surface area contributed by atoms with Gasteiger partial charge in [-0.05, 0) is 64.9 Å². The van der Waals surface area contributed by atoms with Gasteiger partial charge in [-0.1, -0.05) is 63.6 Å². The van der Waals surface area contributed by atoms with Crippen molar-refractivity contribution < 1.29 is 14.3 Å². The second-order valence-corrected chi connectivity index (χ2v) is 9.81. The fourth-order valence-electron chi connectivity index (χ4n) is 3.26. The summed E-state index contributed by atoms with van der Waals surface area (Å²) in [6.07, 6.45) is 0. The van der Waals surface area contributed by atoms with Gasteiger partial charge in [0.15, 0.2) is 6.61 Å². The molecule has 32 heavy (non-hydrogen) atoms. The van der Waals surface area contributed by atoms with Crippen LogP contribution < -0.4 is 10.1 Å². The summed E-state index contributed by atoms with van der Waals surface area (Å²) in [6.45, 7) is 12.9. The van der Waals surface area contributed by atoms with Crippen LogP contribution in [-0.4, -0.2) is 35.9 Å². The Kier molecular flexibility index (Phi) is 9.76. The SMILES string of the molecule is Cc1cccc(CN(C(=O)COc2ccc(C(C)C)cc2Br)[C@@H](C)C(=O)NCC(C)C)c1. The summed E-state index contributed by atoms with van der Waals surface area (Å²) in [4.78, 5) is 27.5. The van der Waals surface area contributed by atoms with Crippen molar-refractivity contribution in [2.24, 2.45) is 5.92 Å². The van der Waals surface area contributed by atoms with Gasteiger partial charge in [0, 0.05) is 13.1 Å². The summed E-state index contributed by atoms with van der Waals surface area (Å²) in [5.74, 6) is 0.939. The number of rotatable bonds is 10. The number of nitrogens with zero attached hydrogens (tertiary/aromatic N) is 1. The van der Waals surface area contributed by atoms with E-state index in [4.69, 9.17) is 4.74 Å². The summed E-state index contributed by atoms with van der Waals surface area (Å²) in [7, 11) is 0. The fourth-order valence-corrected chi connectivity index (χ4v) is 3.77. The molecule has 0 fully saturated rings. The summed E-state index contributed by atoms with van der Waals surface area (Å²) in [5, 5.41) is 2.93. The van der Waals surface area contributed by atoms with E-state index < -0.39 is 6.04 Å². The van der Waals surface area contributed by atoms with Gasteiger partial charge < -0.3 is 15.0 Å². The van der Waals surface area contributed by atoms with Gasteiger partial charge >= 0.3 is 0 Å². The van der Waals surface area contributed by atoms with Crippen LogP contribution in [0, 0.1) is 12.8 Å². The average Bonchev–Trinajstić information content (AvgIpc) is 2.74. The third-order valence-electron chi connectivity index (χ3n) is 5.26. The van der Waals surface area contributed by atoms with Crippen LogP contribution in [0.5, 0.6) is 5.75 Å². The number of carbonyl (C=O) groups is 2. The van der Waals surface area contributed by atoms with Gasteiger partial charge in [-0.25, -0.2) is 0 Å². The van der Waals surface area contributed by atoms with Crippen LogP contribution in [0.2, 0.25) is 0 Å². The van der Waals surface area contributed by atoms with Gasteiger partial charge in [0.1, 0.15) is 11.8 Å². The monoisotopic (exact) mass is 502 g/mol. The topological polar surface area (TPSA) is 58.6 Å². The van der Waals surface area contributed by atoms with Crippen LogP contribution in [0.25, 0.3) is 0 Å². The van der Waals surface area contributed by atoms with Crippen LogP contribution >= 0.6 is 15.9 Å². The normalized spacial score (nSPS) is 12.0. The molecule has 1 atom stereocenters. The van der Waals surface area contributed by atoms with E-state index in [0.717, 1.165) is 15.6 Å². The van der Waals surface area contributed by atoms with Gasteiger partial charge in [0.25, 0.3) is 5.91 Å². The lowest BCUT2D eigenvalue weighted by Crippen LogP contribution is -2.49. The Labute approximate surface area is 200 Å². The Morgan fingerprint density at radius 3 is 2.38 bits per heavy atom. The molecule has 6 heteroatoms. The summed E-state index contributed by atoms with van der Waals surface area (Å²) in [5.41, 5.74) is 3.27.